The predicted octanol–water partition coefficient (Wildman–Crippen LogP) is 0.917. The first-order chi connectivity index (χ1) is 12.3. The quantitative estimate of drug-likeness (QED) is 0.770. The third-order valence-corrected chi connectivity index (χ3v) is 6.59. The van der Waals surface area contributed by atoms with Crippen molar-refractivity contribution in [3.8, 4) is 11.5 Å². The molecule has 0 saturated carbocycles. The van der Waals surface area contributed by atoms with Gasteiger partial charge in [0.2, 0.25) is 10.0 Å². The topological polar surface area (TPSA) is 112 Å². The van der Waals surface area contributed by atoms with Gasteiger partial charge in [0, 0.05) is 25.0 Å². The van der Waals surface area contributed by atoms with E-state index in [0.717, 1.165) is 6.26 Å². The molecule has 1 atom stereocenters. The van der Waals surface area contributed by atoms with Gasteiger partial charge in [-0.25, -0.2) is 21.6 Å². The van der Waals surface area contributed by atoms with Gasteiger partial charge in [-0.2, -0.15) is 0 Å². The lowest BCUT2D eigenvalue weighted by Crippen LogP contribution is -2.31. The van der Waals surface area contributed by atoms with E-state index in [-0.39, 0.29) is 11.4 Å². The van der Waals surface area contributed by atoms with Gasteiger partial charge in [-0.05, 0) is 23.8 Å². The van der Waals surface area contributed by atoms with Crippen LogP contribution in [0.15, 0.2) is 47.6 Å². The molecule has 0 amide bonds. The minimum absolute atomic E-state index is 0.0194. The van der Waals surface area contributed by atoms with Crippen molar-refractivity contribution in [3.63, 3.8) is 0 Å². The fraction of sp³-hybridized carbons (Fsp3) is 0.312. The standard InChI is InChI=1S/C16H18N2O6S2/c1-25(19,20)18-11-16(12-3-2-6-17-10-12)26(21,22)13-4-5-14-15(9-13)24-8-7-23-14/h2-6,9-10,16,18H,7-8,11H2,1H3/t16-/m0/s1. The highest BCUT2D eigenvalue weighted by Gasteiger charge is 2.31. The third kappa shape index (κ3) is 4.14. The van der Waals surface area contributed by atoms with Crippen LogP contribution in [-0.2, 0) is 19.9 Å². The highest BCUT2D eigenvalue weighted by Crippen LogP contribution is 2.36. The van der Waals surface area contributed by atoms with Crippen LogP contribution in [0.5, 0.6) is 11.5 Å². The molecule has 0 unspecified atom stereocenters. The Morgan fingerprint density at radius 2 is 1.85 bits per heavy atom. The fourth-order valence-electron chi connectivity index (χ4n) is 2.57. The Morgan fingerprint density at radius 1 is 1.12 bits per heavy atom. The van der Waals surface area contributed by atoms with E-state index in [1.54, 1.807) is 12.1 Å². The number of nitrogens with zero attached hydrogens (tertiary/aromatic N) is 1. The summed E-state index contributed by atoms with van der Waals surface area (Å²) in [5.74, 6) is 0.820. The molecule has 2 aromatic rings. The van der Waals surface area contributed by atoms with Gasteiger partial charge in [0.1, 0.15) is 18.5 Å². The number of aromatic nitrogens is 1. The lowest BCUT2D eigenvalue weighted by molar-refractivity contribution is 0.171. The van der Waals surface area contributed by atoms with Crippen LogP contribution in [0, 0.1) is 0 Å². The molecule has 0 spiro atoms. The third-order valence-electron chi connectivity index (χ3n) is 3.80. The zero-order chi connectivity index (χ0) is 18.8. The molecule has 0 saturated heterocycles. The molecule has 1 N–H and O–H groups in total. The molecule has 140 valence electrons. The first-order valence-corrected chi connectivity index (χ1v) is 11.2. The van der Waals surface area contributed by atoms with Crippen LogP contribution in [0.3, 0.4) is 0 Å². The SMILES string of the molecule is CS(=O)(=O)NC[C@@H](c1cccnc1)S(=O)(=O)c1ccc2c(c1)OCCO2. The first-order valence-electron chi connectivity index (χ1n) is 7.75. The Morgan fingerprint density at radius 3 is 2.50 bits per heavy atom. The second-order valence-corrected chi connectivity index (χ2v) is 9.71. The zero-order valence-electron chi connectivity index (χ0n) is 14.0. The number of fused-ring (bicyclic) bond motifs is 1. The lowest BCUT2D eigenvalue weighted by Gasteiger charge is -2.21. The van der Waals surface area contributed by atoms with E-state index in [1.807, 2.05) is 0 Å². The van der Waals surface area contributed by atoms with E-state index in [0.29, 0.717) is 30.3 Å². The van der Waals surface area contributed by atoms with Crippen molar-refractivity contribution >= 4 is 19.9 Å². The summed E-state index contributed by atoms with van der Waals surface area (Å²) >= 11 is 0. The number of pyridine rings is 1. The van der Waals surface area contributed by atoms with E-state index < -0.39 is 25.1 Å². The Bertz CT molecular complexity index is 991. The summed E-state index contributed by atoms with van der Waals surface area (Å²) in [6, 6.07) is 7.55. The normalized spacial score (nSPS) is 15.4. The number of rotatable bonds is 6. The molecule has 1 aliphatic rings. The second kappa shape index (κ2) is 7.22. The molecule has 0 fully saturated rings. The van der Waals surface area contributed by atoms with E-state index in [4.69, 9.17) is 9.47 Å². The predicted molar refractivity (Wildman–Crippen MR) is 94.4 cm³/mol. The smallest absolute Gasteiger partial charge is 0.208 e. The largest absolute Gasteiger partial charge is 0.486 e. The second-order valence-electron chi connectivity index (χ2n) is 5.75. The van der Waals surface area contributed by atoms with Crippen LogP contribution in [0.2, 0.25) is 0 Å². The molecule has 1 aromatic heterocycles. The monoisotopic (exact) mass is 398 g/mol. The van der Waals surface area contributed by atoms with Crippen LogP contribution in [0.4, 0.5) is 0 Å². The number of nitrogens with one attached hydrogen (secondary N) is 1. The number of benzene rings is 1. The molecule has 1 aromatic carbocycles. The molecule has 1 aliphatic heterocycles. The zero-order valence-corrected chi connectivity index (χ0v) is 15.6. The molecule has 8 nitrogen and oxygen atoms in total. The summed E-state index contributed by atoms with van der Waals surface area (Å²) in [4.78, 5) is 3.96. The maximum Gasteiger partial charge on any atom is 0.208 e. The summed E-state index contributed by atoms with van der Waals surface area (Å²) < 4.78 is 62.4. The van der Waals surface area contributed by atoms with Gasteiger partial charge >= 0.3 is 0 Å². The van der Waals surface area contributed by atoms with Gasteiger partial charge in [0.15, 0.2) is 21.3 Å². The maximum absolute atomic E-state index is 13.2. The van der Waals surface area contributed by atoms with Crippen LogP contribution < -0.4 is 14.2 Å². The van der Waals surface area contributed by atoms with Gasteiger partial charge in [0.05, 0.1) is 11.2 Å². The molecular formula is C16H18N2O6S2. The summed E-state index contributed by atoms with van der Waals surface area (Å²) in [5.41, 5.74) is 0.388. The number of hydrogen-bond donors (Lipinski definition) is 1. The summed E-state index contributed by atoms with van der Waals surface area (Å²) in [6.45, 7) is 0.426. The van der Waals surface area contributed by atoms with Gasteiger partial charge in [-0.1, -0.05) is 6.07 Å². The fourth-order valence-corrected chi connectivity index (χ4v) is 4.80. The van der Waals surface area contributed by atoms with Gasteiger partial charge in [0.25, 0.3) is 0 Å². The highest BCUT2D eigenvalue weighted by molar-refractivity contribution is 7.92. The van der Waals surface area contributed by atoms with Crippen LogP contribution in [0.1, 0.15) is 10.8 Å². The molecule has 3 rings (SSSR count). The Labute approximate surface area is 152 Å². The number of ether oxygens (including phenoxy) is 2. The Kier molecular flexibility index (Phi) is 5.17. The van der Waals surface area contributed by atoms with Crippen molar-refractivity contribution in [1.29, 1.82) is 0 Å². The molecular weight excluding hydrogens is 380 g/mol. The summed E-state index contributed by atoms with van der Waals surface area (Å²) in [5, 5.41) is -1.13. The van der Waals surface area contributed by atoms with Crippen LogP contribution in [0.25, 0.3) is 0 Å². The van der Waals surface area contributed by atoms with E-state index in [1.165, 1.54) is 30.6 Å². The molecule has 2 heterocycles. The molecule has 10 heteroatoms. The summed E-state index contributed by atoms with van der Waals surface area (Å²) in [7, 11) is -7.48. The van der Waals surface area contributed by atoms with Gasteiger partial charge in [-0.3, -0.25) is 4.98 Å². The summed E-state index contributed by atoms with van der Waals surface area (Å²) in [6.07, 6.45) is 3.90. The molecule has 0 bridgehead atoms. The lowest BCUT2D eigenvalue weighted by atomic mass is 10.2. The van der Waals surface area contributed by atoms with Crippen molar-refractivity contribution in [3.05, 3.63) is 48.3 Å². The Hall–Kier alpha value is -2.17. The minimum Gasteiger partial charge on any atom is -0.486 e. The van der Waals surface area contributed by atoms with Crippen molar-refractivity contribution < 1.29 is 26.3 Å². The first kappa shape index (κ1) is 18.6. The van der Waals surface area contributed by atoms with E-state index in [9.17, 15) is 16.8 Å². The van der Waals surface area contributed by atoms with E-state index in [2.05, 4.69) is 9.71 Å². The number of sulfonamides is 1. The van der Waals surface area contributed by atoms with Crippen molar-refractivity contribution in [1.82, 2.24) is 9.71 Å². The maximum atomic E-state index is 13.2. The minimum atomic E-state index is -3.91. The molecule has 0 radical (unpaired) electrons. The average molecular weight is 398 g/mol. The van der Waals surface area contributed by atoms with E-state index >= 15 is 0 Å². The number of hydrogen-bond acceptors (Lipinski definition) is 7. The van der Waals surface area contributed by atoms with Gasteiger partial charge < -0.3 is 9.47 Å². The highest BCUT2D eigenvalue weighted by atomic mass is 32.2. The van der Waals surface area contributed by atoms with Crippen molar-refractivity contribution in [2.24, 2.45) is 0 Å². The molecule has 26 heavy (non-hydrogen) atoms. The van der Waals surface area contributed by atoms with Crippen LogP contribution >= 0.6 is 0 Å². The van der Waals surface area contributed by atoms with Crippen LogP contribution in [-0.4, -0.2) is 47.8 Å². The Balaban J connectivity index is 2.01. The number of sulfone groups is 1. The van der Waals surface area contributed by atoms with Crippen molar-refractivity contribution in [2.45, 2.75) is 10.1 Å². The molecule has 0 aliphatic carbocycles. The average Bonchev–Trinajstić information content (AvgIpc) is 2.61. The van der Waals surface area contributed by atoms with Crippen molar-refractivity contribution in [2.75, 3.05) is 26.0 Å². The van der Waals surface area contributed by atoms with Gasteiger partial charge in [-0.15, -0.1) is 0 Å².